The van der Waals surface area contributed by atoms with Crippen LogP contribution in [0.25, 0.3) is 0 Å². The molecule has 474 valence electrons. The minimum absolute atomic E-state index is 0.142. The van der Waals surface area contributed by atoms with Crippen LogP contribution in [-0.4, -0.2) is 101 Å². The molecule has 19 heteroatoms. The van der Waals surface area contributed by atoms with E-state index in [1.807, 2.05) is 27.7 Å². The van der Waals surface area contributed by atoms with Crippen molar-refractivity contribution in [3.63, 3.8) is 0 Å². The van der Waals surface area contributed by atoms with Crippen LogP contribution in [0.1, 0.15) is 176 Å². The molecule has 0 fully saturated rings. The van der Waals surface area contributed by atoms with Gasteiger partial charge in [-0.2, -0.15) is 9.15 Å². The number of carboxylic acid groups (broad SMARTS) is 1. The number of carboxylic acids is 1. The van der Waals surface area contributed by atoms with Crippen LogP contribution in [0.2, 0.25) is 0 Å². The Morgan fingerprint density at radius 1 is 0.568 bits per heavy atom. The molecule has 8 rings (SSSR count). The van der Waals surface area contributed by atoms with Gasteiger partial charge in [-0.3, -0.25) is 15.0 Å². The number of unbranched alkanes of at least 4 members (excludes halogenated alkanes) is 4. The van der Waals surface area contributed by atoms with Crippen molar-refractivity contribution in [2.24, 2.45) is 0 Å². The first-order chi connectivity index (χ1) is 41.2. The van der Waals surface area contributed by atoms with E-state index >= 15 is 0 Å². The van der Waals surface area contributed by atoms with Gasteiger partial charge in [-0.05, 0) is 134 Å². The molecular weight excluding hydrogens is 1150 g/mol. The molecule has 4 aromatic carbocycles. The third-order valence-electron chi connectivity index (χ3n) is 17.1. The van der Waals surface area contributed by atoms with Gasteiger partial charge in [0.25, 0.3) is 0 Å². The van der Waals surface area contributed by atoms with Gasteiger partial charge in [0.05, 0.1) is 20.6 Å². The summed E-state index contributed by atoms with van der Waals surface area (Å²) in [7, 11) is -9.21. The molecule has 17 nitrogen and oxygen atoms in total. The topological polar surface area (TPSA) is 232 Å². The minimum atomic E-state index is -4.62. The summed E-state index contributed by atoms with van der Waals surface area (Å²) < 4.78 is 81.2. The number of carbonyl (C=O) groups excluding carboxylic acids is 2. The molecule has 88 heavy (non-hydrogen) atoms. The summed E-state index contributed by atoms with van der Waals surface area (Å²) in [6.45, 7) is 29.9. The Hall–Kier alpha value is -7.19. The first-order valence-electron chi connectivity index (χ1n) is 30.7. The quantitative estimate of drug-likeness (QED) is 0.0288. The molecule has 4 aromatic rings. The van der Waals surface area contributed by atoms with Crippen molar-refractivity contribution in [3.05, 3.63) is 155 Å². The molecule has 0 radical (unpaired) electrons. The van der Waals surface area contributed by atoms with Crippen LogP contribution in [-0.2, 0) is 56.2 Å². The van der Waals surface area contributed by atoms with E-state index in [2.05, 4.69) is 156 Å². The Bertz CT molecular complexity index is 3730. The lowest BCUT2D eigenvalue weighted by molar-refractivity contribution is -0.437. The lowest BCUT2D eigenvalue weighted by atomic mass is 9.81. The van der Waals surface area contributed by atoms with Crippen molar-refractivity contribution in [2.75, 3.05) is 36.0 Å². The number of hydrogen-bond acceptors (Lipinski definition) is 12. The Labute approximate surface area is 522 Å². The van der Waals surface area contributed by atoms with Gasteiger partial charge in [0.2, 0.25) is 17.3 Å². The number of hydrogen-bond donors (Lipinski definition) is 3. The Morgan fingerprint density at radius 3 is 1.36 bits per heavy atom. The summed E-state index contributed by atoms with van der Waals surface area (Å²) in [6, 6.07) is 26.3. The van der Waals surface area contributed by atoms with Crippen molar-refractivity contribution in [3.8, 4) is 0 Å². The average molecular weight is 1240 g/mol. The second-order valence-electron chi connectivity index (χ2n) is 26.2. The van der Waals surface area contributed by atoms with E-state index in [0.29, 0.717) is 25.9 Å². The highest BCUT2D eigenvalue weighted by molar-refractivity contribution is 7.86. The second-order valence-corrected chi connectivity index (χ2v) is 28.9. The van der Waals surface area contributed by atoms with E-state index in [4.69, 9.17) is 9.84 Å². The number of ether oxygens (including phenoxy) is 1. The Morgan fingerprint density at radius 2 is 0.977 bits per heavy atom. The number of nitrogens with one attached hydrogen (secondary N) is 2. The van der Waals surface area contributed by atoms with Gasteiger partial charge in [-0.25, -0.2) is 27.1 Å². The molecule has 4 aliphatic rings. The normalized spacial score (nSPS) is 18.0. The number of carbonyl (C=O) groups is 3. The van der Waals surface area contributed by atoms with Crippen LogP contribution < -0.4 is 20.7 Å². The number of para-hydroxylation sites is 2. The highest BCUT2D eigenvalue weighted by Gasteiger charge is 2.46. The number of nitrogens with zero attached hydrogens (tertiary/aromatic N) is 4. The fraction of sp³-hybridized carbons (Fsp3) is 0.464. The van der Waals surface area contributed by atoms with Crippen molar-refractivity contribution in [1.29, 1.82) is 0 Å². The van der Waals surface area contributed by atoms with Gasteiger partial charge in [0, 0.05) is 108 Å². The summed E-state index contributed by atoms with van der Waals surface area (Å²) in [5, 5.41) is 8.98. The lowest BCUT2D eigenvalue weighted by Crippen LogP contribution is -2.44. The summed E-state index contributed by atoms with van der Waals surface area (Å²) >= 11 is 0. The van der Waals surface area contributed by atoms with Crippen molar-refractivity contribution in [1.82, 2.24) is 10.9 Å². The third kappa shape index (κ3) is 15.3. The summed E-state index contributed by atoms with van der Waals surface area (Å²) in [5.74, 6) is -1.10. The molecule has 0 saturated heterocycles. The highest BCUT2D eigenvalue weighted by atomic mass is 32.2. The SMILES string of the molecule is CCC[N+]1=C(C=CC=C2N(CCCCCC(=O)NNC(=O)OC(C)(C)C)c3ccc(S(=O)(=O)[O-])cc3C2(C)C)C(C)(C)c2ccccc21.CCC[N+]1=C(C=CC=C2N(CCCCCC(=O)O)c3ccc(S(=O)(=O)[O-])cc3C2(C)C)C(C)(C)c2ccccc21. The summed E-state index contributed by atoms with van der Waals surface area (Å²) in [4.78, 5) is 38.9. The molecule has 0 spiro atoms. The maximum atomic E-state index is 12.3. The Balaban J connectivity index is 0.000000255. The third-order valence-corrected chi connectivity index (χ3v) is 18.7. The molecular formula is C69H90N6O11S2. The van der Waals surface area contributed by atoms with E-state index < -0.39 is 48.7 Å². The minimum Gasteiger partial charge on any atom is -0.744 e. The number of benzene rings is 4. The predicted molar refractivity (Wildman–Crippen MR) is 345 cm³/mol. The monoisotopic (exact) mass is 1240 g/mol. The first-order valence-corrected chi connectivity index (χ1v) is 33.5. The molecule has 0 atom stereocenters. The molecule has 0 saturated carbocycles. The molecule has 0 unspecified atom stereocenters. The van der Waals surface area contributed by atoms with Crippen molar-refractivity contribution in [2.45, 2.75) is 191 Å². The maximum absolute atomic E-state index is 12.3. The molecule has 3 N–H and O–H groups in total. The van der Waals surface area contributed by atoms with Crippen LogP contribution in [0.4, 0.5) is 27.5 Å². The first kappa shape index (κ1) is 68.3. The smallest absolute Gasteiger partial charge is 0.426 e. The fourth-order valence-corrected chi connectivity index (χ4v) is 13.7. The zero-order valence-electron chi connectivity index (χ0n) is 53.6. The van der Waals surface area contributed by atoms with E-state index in [9.17, 15) is 40.3 Å². The van der Waals surface area contributed by atoms with Crippen LogP contribution >= 0.6 is 0 Å². The number of amides is 2. The summed E-state index contributed by atoms with van der Waals surface area (Å²) in [6.07, 6.45) is 18.7. The van der Waals surface area contributed by atoms with Gasteiger partial charge in [-0.15, -0.1) is 0 Å². The van der Waals surface area contributed by atoms with Crippen LogP contribution in [0.5, 0.6) is 0 Å². The summed E-state index contributed by atoms with van der Waals surface area (Å²) in [5.41, 5.74) is 15.4. The zero-order chi connectivity index (χ0) is 64.8. The van der Waals surface area contributed by atoms with Gasteiger partial charge in [0.1, 0.15) is 38.9 Å². The van der Waals surface area contributed by atoms with Crippen molar-refractivity contribution >= 4 is 72.4 Å². The number of fused-ring (bicyclic) bond motifs is 4. The van der Waals surface area contributed by atoms with Gasteiger partial charge < -0.3 is 28.7 Å². The van der Waals surface area contributed by atoms with Gasteiger partial charge >= 0.3 is 12.1 Å². The van der Waals surface area contributed by atoms with E-state index in [-0.39, 0.29) is 39.4 Å². The molecule has 2 amide bonds. The van der Waals surface area contributed by atoms with E-state index in [0.717, 1.165) is 85.5 Å². The van der Waals surface area contributed by atoms with Crippen LogP contribution in [0.3, 0.4) is 0 Å². The Kier molecular flexibility index (Phi) is 21.2. The molecule has 4 aliphatic heterocycles. The zero-order valence-corrected chi connectivity index (χ0v) is 55.2. The van der Waals surface area contributed by atoms with Crippen LogP contribution in [0, 0.1) is 0 Å². The lowest BCUT2D eigenvalue weighted by Gasteiger charge is -2.27. The number of aliphatic carboxylic acids is 1. The number of anilines is 2. The van der Waals surface area contributed by atoms with Gasteiger partial charge in [-0.1, -0.05) is 103 Å². The van der Waals surface area contributed by atoms with Crippen LogP contribution in [0.15, 0.2) is 143 Å². The average Bonchev–Trinajstić information content (AvgIpc) is 3.30. The second kappa shape index (κ2) is 27.3. The number of rotatable bonds is 22. The maximum Gasteiger partial charge on any atom is 0.426 e. The van der Waals surface area contributed by atoms with Gasteiger partial charge in [0.15, 0.2) is 11.4 Å². The molecule has 0 aromatic heterocycles. The highest BCUT2D eigenvalue weighted by Crippen LogP contribution is 2.51. The molecule has 0 bridgehead atoms. The fourth-order valence-electron chi connectivity index (χ4n) is 12.7. The number of allylic oxidation sites excluding steroid dienone is 8. The van der Waals surface area contributed by atoms with Crippen molar-refractivity contribution < 1.29 is 59.3 Å². The standard InChI is InChI=1S/C37H50N4O6S.C32H40N2O5S/c1-9-23-40-29-17-13-12-16-27(29)36(5,6)31(40)18-15-19-32-37(7,8)28-25-26(48(44,45)46)21-22-30(28)41(32)24-14-10-11-20-33(42)38-39-34(43)47-35(2,3)4;1-6-20-33-26-14-10-9-13-24(26)31(2,3)28(33)15-12-16-29-32(4,5)25-22-23(40(37,38)39)18-19-27(25)34(29)21-11-7-8-17-30(35)36/h12-13,15-19,21-22,25H,9-11,14,20,23-24H2,1-8H3,(H2-,38,39,42,43,44,45,46);9-10,12-16,18-19,22H,6-8,11,17,20-21H2,1-5H3,(H-,35,36,37,38,39). The van der Waals surface area contributed by atoms with E-state index in [1.165, 1.54) is 58.2 Å². The largest absolute Gasteiger partial charge is 0.744 e. The predicted octanol–water partition coefficient (Wildman–Crippen LogP) is 13.0. The number of hydrazine groups is 1. The molecule has 4 heterocycles. The molecule has 0 aliphatic carbocycles. The van der Waals surface area contributed by atoms with E-state index in [1.54, 1.807) is 32.9 Å².